The molecule has 16 heteroatoms. The fourth-order valence-corrected chi connectivity index (χ4v) is 4.93. The number of methoxy groups -OCH3 is 1. The Morgan fingerprint density at radius 1 is 0.841 bits per heavy atom. The molecule has 2 saturated heterocycles. The largest absolute Gasteiger partial charge is 0.507 e. The molecule has 11 N–H and O–H groups in total. The van der Waals surface area contributed by atoms with E-state index in [0.29, 0.717) is 5.56 Å². The van der Waals surface area contributed by atoms with Crippen molar-refractivity contribution in [3.63, 3.8) is 0 Å². The minimum absolute atomic E-state index is 0. The van der Waals surface area contributed by atoms with E-state index in [1.807, 2.05) is 0 Å². The summed E-state index contributed by atoms with van der Waals surface area (Å²) in [6, 6.07) is 6.59. The van der Waals surface area contributed by atoms with Crippen molar-refractivity contribution < 1.29 is 79.9 Å². The van der Waals surface area contributed by atoms with Crippen molar-refractivity contribution in [3.8, 4) is 28.7 Å². The lowest BCUT2D eigenvalue weighted by atomic mass is 9.97. The first-order chi connectivity index (χ1) is 20.4. The van der Waals surface area contributed by atoms with Crippen LogP contribution in [-0.4, -0.2) is 132 Å². The predicted octanol–water partition coefficient (Wildman–Crippen LogP) is -2.17. The number of phenolic OH excluding ortho intramolecular Hbond substituents is 3. The standard InChI is InChI=1S/C28H36O15.H2O/c1-11-21(34)23(36)25(38)27(40-11)43-26-24(37)22(35)19(10-29)42-28(26)41-13-8-16(32)20(17(33)9-13)14(30)5-3-12-4-6-18(39-2)15(31)7-12;/h4,6-9,11,19,21-29,31-38H,3,5,10H2,1-2H3;1H2. The lowest BCUT2D eigenvalue weighted by Crippen LogP contribution is -2.64. The molecule has 2 fully saturated rings. The average Bonchev–Trinajstić information content (AvgIpc) is 2.96. The first-order valence-electron chi connectivity index (χ1n) is 13.5. The van der Waals surface area contributed by atoms with Crippen LogP contribution in [0.1, 0.15) is 29.3 Å². The smallest absolute Gasteiger partial charge is 0.229 e. The first kappa shape index (κ1) is 35.2. The number of benzene rings is 2. The third-order valence-corrected chi connectivity index (χ3v) is 7.41. The van der Waals surface area contributed by atoms with E-state index in [-0.39, 0.29) is 35.6 Å². The molecule has 246 valence electrons. The number of carbonyl (C=O) groups is 1. The Morgan fingerprint density at radius 2 is 1.50 bits per heavy atom. The van der Waals surface area contributed by atoms with Gasteiger partial charge in [-0.1, -0.05) is 6.07 Å². The number of aromatic hydroxyl groups is 3. The van der Waals surface area contributed by atoms with Gasteiger partial charge < -0.3 is 75.1 Å². The van der Waals surface area contributed by atoms with Crippen LogP contribution in [0.3, 0.4) is 0 Å². The van der Waals surface area contributed by atoms with Crippen LogP contribution in [0, 0.1) is 0 Å². The van der Waals surface area contributed by atoms with Gasteiger partial charge in [0.25, 0.3) is 0 Å². The molecule has 2 aromatic carbocycles. The molecule has 0 radical (unpaired) electrons. The van der Waals surface area contributed by atoms with Crippen LogP contribution in [0.15, 0.2) is 30.3 Å². The molecule has 10 atom stereocenters. The molecule has 16 nitrogen and oxygen atoms in total. The summed E-state index contributed by atoms with van der Waals surface area (Å²) in [5.41, 5.74) is 0.208. The molecule has 2 aromatic rings. The molecule has 0 aliphatic carbocycles. The normalized spacial score (nSPS) is 32.0. The maximum Gasteiger partial charge on any atom is 0.229 e. The second kappa shape index (κ2) is 14.7. The van der Waals surface area contributed by atoms with E-state index in [1.165, 1.54) is 26.2 Å². The Bertz CT molecular complexity index is 1250. The van der Waals surface area contributed by atoms with E-state index in [9.17, 15) is 50.8 Å². The molecule has 2 heterocycles. The Morgan fingerprint density at radius 3 is 2.09 bits per heavy atom. The summed E-state index contributed by atoms with van der Waals surface area (Å²) in [6.45, 7) is 0.662. The van der Waals surface area contributed by atoms with E-state index in [2.05, 4.69) is 0 Å². The zero-order valence-electron chi connectivity index (χ0n) is 23.8. The first-order valence-corrected chi connectivity index (χ1v) is 13.5. The van der Waals surface area contributed by atoms with Gasteiger partial charge in [-0.05, 0) is 31.0 Å². The van der Waals surface area contributed by atoms with Crippen LogP contribution in [0.5, 0.6) is 28.7 Å². The van der Waals surface area contributed by atoms with Gasteiger partial charge in [-0.2, -0.15) is 0 Å². The van der Waals surface area contributed by atoms with Crippen molar-refractivity contribution in [3.05, 3.63) is 41.5 Å². The fourth-order valence-electron chi connectivity index (χ4n) is 4.93. The third-order valence-electron chi connectivity index (χ3n) is 7.41. The number of Topliss-reactive ketones (excluding diaryl/α,β-unsaturated/α-hetero) is 1. The molecule has 2 aliphatic heterocycles. The van der Waals surface area contributed by atoms with Crippen molar-refractivity contribution in [1.82, 2.24) is 0 Å². The Hall–Kier alpha value is -3.29. The highest BCUT2D eigenvalue weighted by Gasteiger charge is 2.51. The summed E-state index contributed by atoms with van der Waals surface area (Å²) < 4.78 is 27.2. The van der Waals surface area contributed by atoms with Gasteiger partial charge in [-0.3, -0.25) is 4.79 Å². The molecule has 0 aromatic heterocycles. The molecule has 0 bridgehead atoms. The molecule has 0 amide bonds. The van der Waals surface area contributed by atoms with E-state index >= 15 is 0 Å². The summed E-state index contributed by atoms with van der Waals surface area (Å²) in [4.78, 5) is 12.9. The number of ether oxygens (including phenoxy) is 5. The number of carbonyl (C=O) groups excluding carboxylic acids is 1. The Kier molecular flexibility index (Phi) is 11.7. The summed E-state index contributed by atoms with van der Waals surface area (Å²) in [7, 11) is 1.40. The van der Waals surface area contributed by atoms with Crippen molar-refractivity contribution >= 4 is 5.78 Å². The Labute approximate surface area is 251 Å². The van der Waals surface area contributed by atoms with E-state index in [0.717, 1.165) is 12.1 Å². The van der Waals surface area contributed by atoms with Crippen LogP contribution >= 0.6 is 0 Å². The van der Waals surface area contributed by atoms with Gasteiger partial charge in [-0.25, -0.2) is 0 Å². The van der Waals surface area contributed by atoms with Gasteiger partial charge in [0.1, 0.15) is 59.4 Å². The van der Waals surface area contributed by atoms with Gasteiger partial charge in [0.05, 0.1) is 19.8 Å². The minimum Gasteiger partial charge on any atom is -0.507 e. The minimum atomic E-state index is -1.79. The lowest BCUT2D eigenvalue weighted by molar-refractivity contribution is -0.354. The molecule has 4 rings (SSSR count). The molecular weight excluding hydrogens is 592 g/mol. The number of aliphatic hydroxyl groups is 6. The fraction of sp³-hybridized carbons (Fsp3) is 0.536. The molecule has 44 heavy (non-hydrogen) atoms. The van der Waals surface area contributed by atoms with E-state index in [4.69, 9.17) is 23.7 Å². The van der Waals surface area contributed by atoms with E-state index in [1.54, 1.807) is 6.07 Å². The van der Waals surface area contributed by atoms with Crippen LogP contribution < -0.4 is 9.47 Å². The van der Waals surface area contributed by atoms with Crippen LogP contribution in [0.2, 0.25) is 0 Å². The maximum absolute atomic E-state index is 12.9. The molecule has 10 unspecified atom stereocenters. The monoisotopic (exact) mass is 630 g/mol. The topological polar surface area (TPSA) is 277 Å². The van der Waals surface area contributed by atoms with Crippen LogP contribution in [0.25, 0.3) is 0 Å². The van der Waals surface area contributed by atoms with Crippen molar-refractivity contribution in [2.45, 2.75) is 81.2 Å². The predicted molar refractivity (Wildman–Crippen MR) is 146 cm³/mol. The van der Waals surface area contributed by atoms with Crippen molar-refractivity contribution in [2.24, 2.45) is 0 Å². The quantitative estimate of drug-likeness (QED) is 0.126. The summed E-state index contributed by atoms with van der Waals surface area (Å²) in [5, 5.41) is 92.3. The van der Waals surface area contributed by atoms with Gasteiger partial charge in [0, 0.05) is 18.6 Å². The second-order valence-electron chi connectivity index (χ2n) is 10.4. The van der Waals surface area contributed by atoms with Crippen LogP contribution in [0.4, 0.5) is 0 Å². The third kappa shape index (κ3) is 7.32. The number of ketones is 1. The number of hydrogen-bond acceptors (Lipinski definition) is 15. The highest BCUT2D eigenvalue weighted by molar-refractivity contribution is 6.01. The number of aryl methyl sites for hydroxylation is 1. The highest BCUT2D eigenvalue weighted by atomic mass is 16.8. The van der Waals surface area contributed by atoms with E-state index < -0.39 is 90.9 Å². The summed E-state index contributed by atoms with van der Waals surface area (Å²) >= 11 is 0. The number of phenols is 3. The number of rotatable bonds is 10. The van der Waals surface area contributed by atoms with Gasteiger partial charge in [0.2, 0.25) is 6.29 Å². The second-order valence-corrected chi connectivity index (χ2v) is 10.4. The molecule has 0 saturated carbocycles. The lowest BCUT2D eigenvalue weighted by Gasteiger charge is -2.45. The number of hydrogen-bond donors (Lipinski definition) is 9. The zero-order chi connectivity index (χ0) is 31.6. The maximum atomic E-state index is 12.9. The van der Waals surface area contributed by atoms with Crippen molar-refractivity contribution in [2.75, 3.05) is 13.7 Å². The van der Waals surface area contributed by atoms with Crippen molar-refractivity contribution in [1.29, 1.82) is 0 Å². The highest BCUT2D eigenvalue weighted by Crippen LogP contribution is 2.37. The zero-order valence-corrected chi connectivity index (χ0v) is 23.8. The van der Waals surface area contributed by atoms with Gasteiger partial charge in [0.15, 0.2) is 29.7 Å². The molecule has 2 aliphatic rings. The molecule has 0 spiro atoms. The van der Waals surface area contributed by atoms with Gasteiger partial charge in [-0.15, -0.1) is 0 Å². The Balaban J connectivity index is 0.00000529. The van der Waals surface area contributed by atoms with Crippen LogP contribution in [-0.2, 0) is 20.6 Å². The average molecular weight is 631 g/mol. The SMILES string of the molecule is COc1ccc(CCC(=O)c2c(O)cc(OC3OC(CO)C(O)C(O)C3OC3OC(C)C(O)C(O)C3O)cc2O)cc1O.O. The molecular formula is C28H38O16. The summed E-state index contributed by atoms with van der Waals surface area (Å²) in [5.74, 6) is -2.04. The number of aliphatic hydroxyl groups excluding tert-OH is 6. The van der Waals surface area contributed by atoms with Gasteiger partial charge >= 0.3 is 0 Å². The summed E-state index contributed by atoms with van der Waals surface area (Å²) in [6.07, 6.45) is -15.5.